The summed E-state index contributed by atoms with van der Waals surface area (Å²) in [4.78, 5) is 15.7. The lowest BCUT2D eigenvalue weighted by Crippen LogP contribution is -2.09. The van der Waals surface area contributed by atoms with Gasteiger partial charge in [-0.2, -0.15) is 0 Å². The molecule has 0 aliphatic carbocycles. The number of para-hydroxylation sites is 1. The molecule has 0 radical (unpaired) electrons. The van der Waals surface area contributed by atoms with E-state index >= 15 is 0 Å². The Bertz CT molecular complexity index is 637. The molecule has 1 atom stereocenters. The highest BCUT2D eigenvalue weighted by Gasteiger charge is 2.21. The molecule has 1 aliphatic heterocycles. The zero-order valence-electron chi connectivity index (χ0n) is 10.7. The van der Waals surface area contributed by atoms with Gasteiger partial charge in [0.25, 0.3) is 0 Å². The Hall–Kier alpha value is -2.62. The number of rotatable bonds is 4. The number of carbonyl (C=O) groups excluding carboxylic acids is 1. The quantitative estimate of drug-likeness (QED) is 0.799. The fraction of sp³-hybridized carbons (Fsp3) is 0.125. The van der Waals surface area contributed by atoms with E-state index < -0.39 is 6.10 Å². The number of hydrogen-bond acceptors (Lipinski definition) is 4. The van der Waals surface area contributed by atoms with E-state index in [9.17, 15) is 4.79 Å². The van der Waals surface area contributed by atoms with Crippen molar-refractivity contribution < 1.29 is 14.4 Å². The topological polar surface area (TPSA) is 47.9 Å². The van der Waals surface area contributed by atoms with Crippen molar-refractivity contribution in [2.24, 2.45) is 5.16 Å². The molecule has 100 valence electrons. The van der Waals surface area contributed by atoms with Crippen LogP contribution in [-0.2, 0) is 9.63 Å². The molecule has 20 heavy (non-hydrogen) atoms. The smallest absolute Gasteiger partial charge is 0.187 e. The molecule has 0 aromatic heterocycles. The lowest BCUT2D eigenvalue weighted by atomic mass is 10.1. The summed E-state index contributed by atoms with van der Waals surface area (Å²) in [5, 5.41) is 3.94. The summed E-state index contributed by atoms with van der Waals surface area (Å²) < 4.78 is 5.77. The molecular weight excluding hydrogens is 254 g/mol. The van der Waals surface area contributed by atoms with E-state index in [-0.39, 0.29) is 0 Å². The molecule has 2 aromatic carbocycles. The van der Waals surface area contributed by atoms with Crippen LogP contribution in [0.2, 0.25) is 0 Å². The second-order valence-corrected chi connectivity index (χ2v) is 4.46. The second kappa shape index (κ2) is 5.57. The highest BCUT2D eigenvalue weighted by atomic mass is 16.6. The molecule has 4 heteroatoms. The Kier molecular flexibility index (Phi) is 3.46. The van der Waals surface area contributed by atoms with Crippen LogP contribution in [0.1, 0.15) is 12.0 Å². The van der Waals surface area contributed by atoms with Gasteiger partial charge in [-0.25, -0.2) is 0 Å². The Balaban J connectivity index is 1.78. The highest BCUT2D eigenvalue weighted by molar-refractivity contribution is 6.02. The van der Waals surface area contributed by atoms with Crippen LogP contribution in [0.25, 0.3) is 0 Å². The van der Waals surface area contributed by atoms with E-state index in [2.05, 4.69) is 5.16 Å². The summed E-state index contributed by atoms with van der Waals surface area (Å²) in [6, 6.07) is 17.2. The molecule has 0 amide bonds. The molecule has 4 nitrogen and oxygen atoms in total. The van der Waals surface area contributed by atoms with Crippen molar-refractivity contribution in [3.63, 3.8) is 0 Å². The Morgan fingerprint density at radius 2 is 1.90 bits per heavy atom. The Morgan fingerprint density at radius 1 is 1.10 bits per heavy atom. The molecule has 0 bridgehead atoms. The molecule has 2 aromatic rings. The summed E-state index contributed by atoms with van der Waals surface area (Å²) in [6.45, 7) is 0. The third kappa shape index (κ3) is 2.69. The van der Waals surface area contributed by atoms with Gasteiger partial charge in [0, 0.05) is 12.0 Å². The number of benzene rings is 2. The van der Waals surface area contributed by atoms with Gasteiger partial charge in [-0.05, 0) is 24.3 Å². The van der Waals surface area contributed by atoms with Gasteiger partial charge in [0.2, 0.25) is 0 Å². The molecule has 1 unspecified atom stereocenters. The van der Waals surface area contributed by atoms with Crippen molar-refractivity contribution in [3.8, 4) is 11.5 Å². The van der Waals surface area contributed by atoms with Crippen LogP contribution >= 0.6 is 0 Å². The van der Waals surface area contributed by atoms with Crippen LogP contribution in [0.15, 0.2) is 59.8 Å². The molecule has 0 saturated carbocycles. The summed E-state index contributed by atoms with van der Waals surface area (Å²) in [7, 11) is 0. The number of nitrogens with zero attached hydrogens (tertiary/aromatic N) is 1. The zero-order chi connectivity index (χ0) is 13.8. The molecule has 0 saturated heterocycles. The van der Waals surface area contributed by atoms with Gasteiger partial charge in [0.1, 0.15) is 11.5 Å². The van der Waals surface area contributed by atoms with Crippen LogP contribution in [0.5, 0.6) is 11.5 Å². The summed E-state index contributed by atoms with van der Waals surface area (Å²) in [5.74, 6) is 1.51. The van der Waals surface area contributed by atoms with Crippen LogP contribution in [0, 0.1) is 0 Å². The lowest BCUT2D eigenvalue weighted by Gasteiger charge is -2.07. The third-order valence-corrected chi connectivity index (χ3v) is 2.99. The van der Waals surface area contributed by atoms with Gasteiger partial charge in [-0.1, -0.05) is 35.5 Å². The standard InChI is InChI=1S/C16H13NO3/c18-11-15-10-16(17-20-15)12-5-4-8-14(9-12)19-13-6-2-1-3-7-13/h1-9,11,15H,10H2. The van der Waals surface area contributed by atoms with E-state index in [1.54, 1.807) is 0 Å². The first-order valence-electron chi connectivity index (χ1n) is 6.36. The Labute approximate surface area is 116 Å². The van der Waals surface area contributed by atoms with Gasteiger partial charge >= 0.3 is 0 Å². The molecule has 0 fully saturated rings. The first-order chi connectivity index (χ1) is 9.85. The van der Waals surface area contributed by atoms with Crippen LogP contribution in [0.4, 0.5) is 0 Å². The van der Waals surface area contributed by atoms with Gasteiger partial charge in [0.05, 0.1) is 5.71 Å². The van der Waals surface area contributed by atoms with Crippen molar-refractivity contribution in [2.75, 3.05) is 0 Å². The average Bonchev–Trinajstić information content (AvgIpc) is 2.98. The number of oxime groups is 1. The fourth-order valence-electron chi connectivity index (χ4n) is 2.00. The monoisotopic (exact) mass is 267 g/mol. The average molecular weight is 267 g/mol. The van der Waals surface area contributed by atoms with Crippen molar-refractivity contribution in [1.82, 2.24) is 0 Å². The summed E-state index contributed by atoms with van der Waals surface area (Å²) in [5.41, 5.74) is 1.67. The number of hydrogen-bond donors (Lipinski definition) is 0. The predicted octanol–water partition coefficient (Wildman–Crippen LogP) is 3.17. The maximum Gasteiger partial charge on any atom is 0.187 e. The molecule has 3 rings (SSSR count). The first-order valence-corrected chi connectivity index (χ1v) is 6.36. The van der Waals surface area contributed by atoms with E-state index in [0.29, 0.717) is 6.42 Å². The predicted molar refractivity (Wildman–Crippen MR) is 75.0 cm³/mol. The SMILES string of the molecule is O=CC1CC(c2cccc(Oc3ccccc3)c2)=NO1. The zero-order valence-corrected chi connectivity index (χ0v) is 10.7. The molecule has 0 N–H and O–H groups in total. The lowest BCUT2D eigenvalue weighted by molar-refractivity contribution is -0.116. The molecule has 0 spiro atoms. The maximum absolute atomic E-state index is 10.7. The van der Waals surface area contributed by atoms with Crippen molar-refractivity contribution in [2.45, 2.75) is 12.5 Å². The van der Waals surface area contributed by atoms with Crippen LogP contribution in [0.3, 0.4) is 0 Å². The van der Waals surface area contributed by atoms with E-state index in [1.165, 1.54) is 0 Å². The molecule has 1 heterocycles. The van der Waals surface area contributed by atoms with E-state index in [0.717, 1.165) is 29.1 Å². The minimum atomic E-state index is -0.469. The van der Waals surface area contributed by atoms with E-state index in [4.69, 9.17) is 9.57 Å². The molecular formula is C16H13NO3. The second-order valence-electron chi connectivity index (χ2n) is 4.46. The van der Waals surface area contributed by atoms with Gasteiger partial charge in [-0.15, -0.1) is 0 Å². The maximum atomic E-state index is 10.7. The van der Waals surface area contributed by atoms with Gasteiger partial charge < -0.3 is 9.57 Å². The minimum Gasteiger partial charge on any atom is -0.457 e. The summed E-state index contributed by atoms with van der Waals surface area (Å²) in [6.07, 6.45) is 0.794. The van der Waals surface area contributed by atoms with Crippen molar-refractivity contribution in [3.05, 3.63) is 60.2 Å². The van der Waals surface area contributed by atoms with Gasteiger partial charge in [0.15, 0.2) is 12.4 Å². The van der Waals surface area contributed by atoms with Crippen LogP contribution < -0.4 is 4.74 Å². The highest BCUT2D eigenvalue weighted by Crippen LogP contribution is 2.24. The Morgan fingerprint density at radius 3 is 2.65 bits per heavy atom. The largest absolute Gasteiger partial charge is 0.457 e. The first kappa shape index (κ1) is 12.4. The van der Waals surface area contributed by atoms with Crippen molar-refractivity contribution in [1.29, 1.82) is 0 Å². The normalized spacial score (nSPS) is 17.2. The molecule has 1 aliphatic rings. The van der Waals surface area contributed by atoms with E-state index in [1.807, 2.05) is 54.6 Å². The van der Waals surface area contributed by atoms with Crippen molar-refractivity contribution >= 4 is 12.0 Å². The number of aldehydes is 1. The number of ether oxygens (including phenoxy) is 1. The number of carbonyl (C=O) groups is 1. The van der Waals surface area contributed by atoms with Gasteiger partial charge in [-0.3, -0.25) is 4.79 Å². The summed E-state index contributed by atoms with van der Waals surface area (Å²) >= 11 is 0. The van der Waals surface area contributed by atoms with Crippen LogP contribution in [-0.4, -0.2) is 18.1 Å². The third-order valence-electron chi connectivity index (χ3n) is 2.99. The fourth-order valence-corrected chi connectivity index (χ4v) is 2.00. The minimum absolute atomic E-state index is 0.469.